The molecule has 5 nitrogen and oxygen atoms in total. The molecular weight excluding hydrogens is 162 g/mol. The third kappa shape index (κ3) is 5.52. The molecule has 2 radical (unpaired) electrons. The number of cyclic esters (lactones) is 1. The van der Waals surface area contributed by atoms with E-state index in [0.717, 1.165) is 0 Å². The van der Waals surface area contributed by atoms with Crippen LogP contribution in [0.25, 0.3) is 0 Å². The molecule has 1 aliphatic heterocycles. The van der Waals surface area contributed by atoms with Gasteiger partial charge in [0, 0.05) is 0 Å². The second-order valence-electron chi connectivity index (χ2n) is 1.81. The third-order valence-corrected chi connectivity index (χ3v) is 0.995. The molecule has 1 saturated heterocycles. The Morgan fingerprint density at radius 1 is 1.75 bits per heavy atom. The Morgan fingerprint density at radius 2 is 2.42 bits per heavy atom. The van der Waals surface area contributed by atoms with Crippen LogP contribution >= 0.6 is 0 Å². The largest absolute Gasteiger partial charge is 0.469 e. The Labute approximate surface area is 71.0 Å². The number of amides is 1. The minimum Gasteiger partial charge on any atom is -0.469 e. The lowest BCUT2D eigenvalue weighted by Crippen LogP contribution is -2.01. The normalized spacial score (nSPS) is 13.7. The summed E-state index contributed by atoms with van der Waals surface area (Å²) in [6.45, 7) is 2.64. The number of carbonyl (C=O) groups excluding carboxylic acids is 2. The zero-order valence-corrected chi connectivity index (χ0v) is 7.07. The van der Waals surface area contributed by atoms with Gasteiger partial charge in [-0.25, -0.2) is 10.1 Å². The van der Waals surface area contributed by atoms with E-state index in [-0.39, 0.29) is 5.97 Å². The summed E-state index contributed by atoms with van der Waals surface area (Å²) in [4.78, 5) is 19.8. The van der Waals surface area contributed by atoms with Crippen LogP contribution in [0.3, 0.4) is 0 Å². The van der Waals surface area contributed by atoms with E-state index < -0.39 is 6.09 Å². The number of ether oxygens (including phenoxy) is 2. The average Bonchev–Trinajstić information content (AvgIpc) is 2.55. The van der Waals surface area contributed by atoms with Gasteiger partial charge in [-0.1, -0.05) is 6.92 Å². The zero-order chi connectivity index (χ0) is 9.40. The van der Waals surface area contributed by atoms with Crippen molar-refractivity contribution < 1.29 is 19.1 Å². The third-order valence-electron chi connectivity index (χ3n) is 0.995. The van der Waals surface area contributed by atoms with E-state index in [9.17, 15) is 9.59 Å². The lowest BCUT2D eigenvalue weighted by atomic mass is 10.5. The molecule has 0 unspecified atom stereocenters. The molecule has 0 aromatic rings. The van der Waals surface area contributed by atoms with Crippen molar-refractivity contribution in [1.82, 2.24) is 5.32 Å². The molecule has 1 aliphatic rings. The first-order valence-electron chi connectivity index (χ1n) is 3.42. The Hall–Kier alpha value is -1.26. The monoisotopic (exact) mass is 173 g/mol. The van der Waals surface area contributed by atoms with Crippen LogP contribution < -0.4 is 5.32 Å². The van der Waals surface area contributed by atoms with E-state index in [1.165, 1.54) is 13.5 Å². The summed E-state index contributed by atoms with van der Waals surface area (Å²) in [5.74, 6) is -0.282. The summed E-state index contributed by atoms with van der Waals surface area (Å²) in [6, 6.07) is 0. The Bertz CT molecular complexity index is 141. The highest BCUT2D eigenvalue weighted by molar-refractivity contribution is 5.77. The lowest BCUT2D eigenvalue weighted by molar-refractivity contribution is -0.136. The average molecular weight is 173 g/mol. The second-order valence-corrected chi connectivity index (χ2v) is 1.81. The summed E-state index contributed by atoms with van der Waals surface area (Å²) in [5.41, 5.74) is 0. The van der Waals surface area contributed by atoms with Crippen molar-refractivity contribution >= 4 is 12.1 Å². The molecule has 1 amide bonds. The molecule has 5 heteroatoms. The maximum Gasteiger partial charge on any atom is 0.429 e. The highest BCUT2D eigenvalue weighted by atomic mass is 16.6. The van der Waals surface area contributed by atoms with Crippen LogP contribution in [0.1, 0.15) is 6.92 Å². The van der Waals surface area contributed by atoms with Crippen molar-refractivity contribution in [2.75, 3.05) is 20.3 Å². The summed E-state index contributed by atoms with van der Waals surface area (Å²) in [6.07, 6.45) is 0.940. The summed E-state index contributed by atoms with van der Waals surface area (Å²) < 4.78 is 8.55. The van der Waals surface area contributed by atoms with Gasteiger partial charge in [0.2, 0.25) is 0 Å². The molecule has 0 aliphatic carbocycles. The molecule has 0 bridgehead atoms. The van der Waals surface area contributed by atoms with Gasteiger partial charge in [-0.05, 0) is 0 Å². The zero-order valence-electron chi connectivity index (χ0n) is 7.07. The molecule has 0 aromatic carbocycles. The van der Waals surface area contributed by atoms with Gasteiger partial charge in [0.1, 0.15) is 6.61 Å². The van der Waals surface area contributed by atoms with E-state index in [1.807, 2.05) is 0 Å². The van der Waals surface area contributed by atoms with Gasteiger partial charge in [0.25, 0.3) is 0 Å². The highest BCUT2D eigenvalue weighted by Crippen LogP contribution is 1.85. The maximum atomic E-state index is 9.90. The van der Waals surface area contributed by atoms with Gasteiger partial charge in [-0.3, -0.25) is 4.79 Å². The van der Waals surface area contributed by atoms with E-state index in [0.29, 0.717) is 13.2 Å². The number of rotatable bonds is 1. The van der Waals surface area contributed by atoms with Crippen LogP contribution in [0.4, 0.5) is 4.79 Å². The second kappa shape index (κ2) is 6.45. The van der Waals surface area contributed by atoms with Crippen molar-refractivity contribution in [1.29, 1.82) is 0 Å². The first kappa shape index (κ1) is 10.7. The fourth-order valence-corrected chi connectivity index (χ4v) is 0.433. The van der Waals surface area contributed by atoms with Gasteiger partial charge in [0.15, 0.2) is 0 Å². The molecule has 0 saturated carbocycles. The smallest absolute Gasteiger partial charge is 0.429 e. The first-order valence-corrected chi connectivity index (χ1v) is 3.42. The minimum absolute atomic E-state index is 0.282. The minimum atomic E-state index is -0.421. The standard InChI is InChI=1S/C4H7O2.C3H4NO2/c1-3-4(5)6-2;5-3-4-1-2-6-3/h3H,1-2H3;1-2H2. The molecule has 1 fully saturated rings. The van der Waals surface area contributed by atoms with Gasteiger partial charge >= 0.3 is 12.1 Å². The summed E-state index contributed by atoms with van der Waals surface area (Å²) in [5, 5.41) is 3.38. The summed E-state index contributed by atoms with van der Waals surface area (Å²) >= 11 is 0. The van der Waals surface area contributed by atoms with Gasteiger partial charge in [-0.15, -0.1) is 0 Å². The van der Waals surface area contributed by atoms with Crippen molar-refractivity contribution in [3.8, 4) is 0 Å². The van der Waals surface area contributed by atoms with E-state index >= 15 is 0 Å². The topological polar surface area (TPSA) is 66.7 Å². The van der Waals surface area contributed by atoms with Crippen molar-refractivity contribution in [2.24, 2.45) is 0 Å². The highest BCUT2D eigenvalue weighted by Gasteiger charge is 2.09. The van der Waals surface area contributed by atoms with Gasteiger partial charge in [-0.2, -0.15) is 0 Å². The maximum absolute atomic E-state index is 9.90. The van der Waals surface area contributed by atoms with Gasteiger partial charge < -0.3 is 9.47 Å². The summed E-state index contributed by atoms with van der Waals surface area (Å²) in [7, 11) is 1.35. The molecule has 12 heavy (non-hydrogen) atoms. The number of esters is 1. The van der Waals surface area contributed by atoms with Crippen LogP contribution in [0.5, 0.6) is 0 Å². The lowest BCUT2D eigenvalue weighted by Gasteiger charge is -1.86. The molecular formula is C7H11NO4. The van der Waals surface area contributed by atoms with Crippen molar-refractivity contribution in [2.45, 2.75) is 6.92 Å². The Balaban J connectivity index is 0.000000202. The van der Waals surface area contributed by atoms with E-state index in [4.69, 9.17) is 0 Å². The molecule has 68 valence electrons. The van der Waals surface area contributed by atoms with Crippen LogP contribution in [0, 0.1) is 6.42 Å². The van der Waals surface area contributed by atoms with Crippen LogP contribution in [0.15, 0.2) is 0 Å². The van der Waals surface area contributed by atoms with E-state index in [2.05, 4.69) is 14.8 Å². The quantitative estimate of drug-likeness (QED) is 0.528. The van der Waals surface area contributed by atoms with Crippen LogP contribution in [-0.2, 0) is 14.3 Å². The van der Waals surface area contributed by atoms with Crippen molar-refractivity contribution in [3.05, 3.63) is 6.42 Å². The Morgan fingerprint density at radius 3 is 2.50 bits per heavy atom. The number of methoxy groups -OCH3 is 1. The predicted molar refractivity (Wildman–Crippen MR) is 40.3 cm³/mol. The molecule has 0 spiro atoms. The molecule has 0 atom stereocenters. The fraction of sp³-hybridized carbons (Fsp3) is 0.571. The van der Waals surface area contributed by atoms with Crippen molar-refractivity contribution in [3.63, 3.8) is 0 Å². The van der Waals surface area contributed by atoms with Crippen LogP contribution in [-0.4, -0.2) is 32.3 Å². The van der Waals surface area contributed by atoms with Crippen LogP contribution in [0.2, 0.25) is 0 Å². The number of hydrogen-bond donors (Lipinski definition) is 0. The molecule has 0 aromatic heterocycles. The van der Waals surface area contributed by atoms with E-state index in [1.54, 1.807) is 6.92 Å². The first-order chi connectivity index (χ1) is 5.70. The number of nitrogens with zero attached hydrogens (tertiary/aromatic N) is 1. The Kier molecular flexibility index (Phi) is 5.77. The predicted octanol–water partition coefficient (Wildman–Crippen LogP) is 0.125. The molecule has 1 heterocycles. The number of hydrogen-bond acceptors (Lipinski definition) is 4. The molecule has 1 rings (SSSR count). The number of carbonyl (C=O) groups is 2. The SMILES string of the molecule is C[CH]C(=O)OC.O=C1[N]CCO1. The fourth-order valence-electron chi connectivity index (χ4n) is 0.433. The van der Waals surface area contributed by atoms with Gasteiger partial charge in [0.05, 0.1) is 20.1 Å². The molecule has 0 N–H and O–H groups in total.